The quantitative estimate of drug-likeness (QED) is 0.345. The molecule has 1 unspecified atom stereocenters. The third kappa shape index (κ3) is 3.60. The number of carbonyl (C=O) groups is 3. The van der Waals surface area contributed by atoms with Gasteiger partial charge in [0, 0.05) is 11.8 Å². The zero-order valence-electron chi connectivity index (χ0n) is 20.6. The summed E-state index contributed by atoms with van der Waals surface area (Å²) in [5, 5.41) is 33.6. The highest BCUT2D eigenvalue weighted by atomic mass is 16.6. The number of nitrogens with two attached hydrogens (primary N) is 1. The lowest BCUT2D eigenvalue weighted by Gasteiger charge is -2.60. The number of hydrogen-bond donors (Lipinski definition) is 4. The lowest BCUT2D eigenvalue weighted by atomic mass is 9.45. The van der Waals surface area contributed by atoms with Gasteiger partial charge in [0.2, 0.25) is 5.78 Å². The molecule has 4 aliphatic carbocycles. The predicted molar refractivity (Wildman–Crippen MR) is 123 cm³/mol. The van der Waals surface area contributed by atoms with Crippen molar-refractivity contribution in [1.29, 1.82) is 0 Å². The number of esters is 1. The van der Waals surface area contributed by atoms with Crippen molar-refractivity contribution in [2.45, 2.75) is 96.7 Å². The van der Waals surface area contributed by atoms with Crippen LogP contribution < -0.4 is 5.73 Å². The van der Waals surface area contributed by atoms with E-state index in [-0.39, 0.29) is 47.7 Å². The largest absolute Gasteiger partial charge is 0.427 e. The van der Waals surface area contributed by atoms with E-state index >= 15 is 0 Å². The minimum absolute atomic E-state index is 0.0355. The van der Waals surface area contributed by atoms with Crippen LogP contribution in [0.2, 0.25) is 0 Å². The zero-order chi connectivity index (χ0) is 25.2. The van der Waals surface area contributed by atoms with Crippen molar-refractivity contribution in [3.8, 4) is 0 Å². The first-order chi connectivity index (χ1) is 15.8. The van der Waals surface area contributed by atoms with E-state index in [9.17, 15) is 29.7 Å². The molecule has 0 bridgehead atoms. The molecule has 0 amide bonds. The topological polar surface area (TPSA) is 147 Å². The molecule has 0 radical (unpaired) electrons. The van der Waals surface area contributed by atoms with Gasteiger partial charge in [0.25, 0.3) is 6.29 Å². The molecule has 190 valence electrons. The fourth-order valence-electron chi connectivity index (χ4n) is 7.82. The summed E-state index contributed by atoms with van der Waals surface area (Å²) in [4.78, 5) is 37.5. The van der Waals surface area contributed by atoms with E-state index in [0.29, 0.717) is 19.3 Å². The number of allylic oxidation sites excluding steroid dienone is 1. The number of ketones is 2. The van der Waals surface area contributed by atoms with Gasteiger partial charge in [-0.05, 0) is 73.7 Å². The van der Waals surface area contributed by atoms with Gasteiger partial charge in [-0.1, -0.05) is 33.3 Å². The molecule has 4 rings (SSSR count). The van der Waals surface area contributed by atoms with E-state index < -0.39 is 41.2 Å². The van der Waals surface area contributed by atoms with Gasteiger partial charge in [0.05, 0.1) is 6.10 Å². The lowest BCUT2D eigenvalue weighted by molar-refractivity contribution is -0.205. The van der Waals surface area contributed by atoms with E-state index in [4.69, 9.17) is 10.5 Å². The van der Waals surface area contributed by atoms with Gasteiger partial charge in [-0.3, -0.25) is 14.4 Å². The normalized spacial score (nSPS) is 43.3. The Morgan fingerprint density at radius 3 is 2.50 bits per heavy atom. The van der Waals surface area contributed by atoms with E-state index in [2.05, 4.69) is 6.92 Å². The SMILES string of the molecule is CC(C)[C@H](N)C(=O)OC(O)C(=O)[C@@]1(O)CC[C@H]2[C@@H]3CCC4=CC(=O)CC[C@]4(C)[C@H]3[C@@H](O)C[C@@]21C. The van der Waals surface area contributed by atoms with E-state index in [1.165, 1.54) is 0 Å². The van der Waals surface area contributed by atoms with Gasteiger partial charge in [0.1, 0.15) is 11.6 Å². The molecule has 4 aliphatic rings. The highest BCUT2D eigenvalue weighted by Gasteiger charge is 2.69. The molecule has 0 aromatic rings. The maximum Gasteiger partial charge on any atom is 0.325 e. The lowest BCUT2D eigenvalue weighted by Crippen LogP contribution is -2.63. The van der Waals surface area contributed by atoms with Crippen molar-refractivity contribution in [2.24, 2.45) is 40.2 Å². The Bertz CT molecular complexity index is 915. The molecule has 0 spiro atoms. The summed E-state index contributed by atoms with van der Waals surface area (Å²) in [6.45, 7) is 7.41. The van der Waals surface area contributed by atoms with Crippen molar-refractivity contribution >= 4 is 17.5 Å². The number of rotatable bonds is 5. The second-order valence-corrected chi connectivity index (χ2v) is 11.9. The van der Waals surface area contributed by atoms with Crippen LogP contribution in [0.4, 0.5) is 0 Å². The van der Waals surface area contributed by atoms with Crippen LogP contribution in [0.25, 0.3) is 0 Å². The highest BCUT2D eigenvalue weighted by Crippen LogP contribution is 2.67. The van der Waals surface area contributed by atoms with Crippen molar-refractivity contribution < 1.29 is 34.4 Å². The maximum absolute atomic E-state index is 13.3. The minimum atomic E-state index is -2.12. The zero-order valence-corrected chi connectivity index (χ0v) is 20.6. The fraction of sp³-hybridized carbons (Fsp3) is 0.808. The van der Waals surface area contributed by atoms with Crippen LogP contribution in [-0.2, 0) is 19.1 Å². The second-order valence-electron chi connectivity index (χ2n) is 11.9. The van der Waals surface area contributed by atoms with Gasteiger partial charge < -0.3 is 25.8 Å². The van der Waals surface area contributed by atoms with Gasteiger partial charge in [-0.25, -0.2) is 0 Å². The van der Waals surface area contributed by atoms with Gasteiger partial charge >= 0.3 is 5.97 Å². The standard InChI is InChI=1S/C26H39NO7/c1-13(2)20(27)22(31)34-23(32)21(30)26(33)10-8-17-16-6-5-14-11-15(28)7-9-24(14,3)19(16)18(29)12-25(17,26)4/h11,13,16-20,23,29,32-33H,5-10,12,27H2,1-4H3/t16-,17-,18-,19+,20-,23?,24-,25-,26-/m0/s1. The predicted octanol–water partition coefficient (Wildman–Crippen LogP) is 1.63. The molecule has 0 aromatic heterocycles. The Morgan fingerprint density at radius 1 is 1.18 bits per heavy atom. The Hall–Kier alpha value is -1.61. The van der Waals surface area contributed by atoms with Gasteiger partial charge in [0.15, 0.2) is 5.78 Å². The van der Waals surface area contributed by atoms with E-state index in [0.717, 1.165) is 18.4 Å². The molecule has 34 heavy (non-hydrogen) atoms. The first-order valence-corrected chi connectivity index (χ1v) is 12.6. The monoisotopic (exact) mass is 477 g/mol. The molecule has 8 nitrogen and oxygen atoms in total. The smallest absolute Gasteiger partial charge is 0.325 e. The summed E-state index contributed by atoms with van der Waals surface area (Å²) in [5.41, 5.74) is 3.72. The summed E-state index contributed by atoms with van der Waals surface area (Å²) in [6, 6.07) is -0.992. The van der Waals surface area contributed by atoms with E-state index in [1.54, 1.807) is 19.9 Å². The van der Waals surface area contributed by atoms with Crippen molar-refractivity contribution in [3.63, 3.8) is 0 Å². The molecular formula is C26H39NO7. The number of Topliss-reactive ketones (excluding diaryl/α,β-unsaturated/α-hetero) is 1. The fourth-order valence-corrected chi connectivity index (χ4v) is 7.82. The van der Waals surface area contributed by atoms with Crippen LogP contribution in [0.3, 0.4) is 0 Å². The molecule has 3 saturated carbocycles. The van der Waals surface area contributed by atoms with Crippen molar-refractivity contribution in [2.75, 3.05) is 0 Å². The first-order valence-electron chi connectivity index (χ1n) is 12.6. The highest BCUT2D eigenvalue weighted by molar-refractivity contribution is 5.93. The number of fused-ring (bicyclic) bond motifs is 5. The molecule has 9 atom stereocenters. The number of hydrogen-bond acceptors (Lipinski definition) is 8. The Morgan fingerprint density at radius 2 is 1.85 bits per heavy atom. The summed E-state index contributed by atoms with van der Waals surface area (Å²) in [6.07, 6.45) is 2.51. The van der Waals surface area contributed by atoms with Crippen molar-refractivity contribution in [1.82, 2.24) is 0 Å². The Balaban J connectivity index is 1.59. The molecule has 5 N–H and O–H groups in total. The molecule has 3 fully saturated rings. The summed E-state index contributed by atoms with van der Waals surface area (Å²) in [5.74, 6) is -1.94. The van der Waals surface area contributed by atoms with Crippen LogP contribution in [-0.4, -0.2) is 56.9 Å². The summed E-state index contributed by atoms with van der Waals surface area (Å²) >= 11 is 0. The molecule has 8 heteroatoms. The Labute approximate surface area is 200 Å². The molecular weight excluding hydrogens is 438 g/mol. The molecule has 0 aliphatic heterocycles. The first kappa shape index (κ1) is 25.5. The third-order valence-corrected chi connectivity index (χ3v) is 9.90. The van der Waals surface area contributed by atoms with Crippen LogP contribution in [0.5, 0.6) is 0 Å². The van der Waals surface area contributed by atoms with Crippen LogP contribution in [0.1, 0.15) is 72.6 Å². The van der Waals surface area contributed by atoms with E-state index in [1.807, 2.05) is 6.92 Å². The van der Waals surface area contributed by atoms with Crippen molar-refractivity contribution in [3.05, 3.63) is 11.6 Å². The molecule has 0 aromatic carbocycles. The molecule has 0 heterocycles. The summed E-state index contributed by atoms with van der Waals surface area (Å²) in [7, 11) is 0. The van der Waals surface area contributed by atoms with Crippen LogP contribution in [0.15, 0.2) is 11.6 Å². The second kappa shape index (κ2) is 8.50. The van der Waals surface area contributed by atoms with Gasteiger partial charge in [-0.2, -0.15) is 0 Å². The average Bonchev–Trinajstić information content (AvgIpc) is 3.03. The average molecular weight is 478 g/mol. The number of aliphatic hydroxyl groups excluding tert-OH is 2. The maximum atomic E-state index is 13.3. The Kier molecular flexibility index (Phi) is 6.37. The molecule has 0 saturated heterocycles. The number of aliphatic hydroxyl groups is 3. The number of carbonyl (C=O) groups excluding carboxylic acids is 3. The van der Waals surface area contributed by atoms with Gasteiger partial charge in [-0.15, -0.1) is 0 Å². The van der Waals surface area contributed by atoms with Crippen LogP contribution in [0, 0.1) is 34.5 Å². The third-order valence-electron chi connectivity index (χ3n) is 9.90. The van der Waals surface area contributed by atoms with Crippen LogP contribution >= 0.6 is 0 Å². The number of ether oxygens (including phenoxy) is 1. The minimum Gasteiger partial charge on any atom is -0.427 e. The summed E-state index contributed by atoms with van der Waals surface area (Å²) < 4.78 is 4.95.